The molecule has 0 aliphatic carbocycles. The normalized spacial score (nSPS) is 12.1. The van der Waals surface area contributed by atoms with Crippen molar-refractivity contribution in [2.24, 2.45) is 0 Å². The molecule has 0 aliphatic rings. The Morgan fingerprint density at radius 2 is 1.72 bits per heavy atom. The van der Waals surface area contributed by atoms with Crippen molar-refractivity contribution in [2.45, 2.75) is 25.7 Å². The summed E-state index contributed by atoms with van der Waals surface area (Å²) in [6, 6.07) is 8.89. The van der Waals surface area contributed by atoms with E-state index in [1.165, 1.54) is 27.2 Å². The van der Waals surface area contributed by atoms with E-state index in [4.69, 9.17) is 14.2 Å². The summed E-state index contributed by atoms with van der Waals surface area (Å²) >= 11 is 0. The minimum absolute atomic E-state index is 0.130. The number of ether oxygens (including phenoxy) is 3. The fraction of sp³-hybridized carbons (Fsp3) is 0.300. The summed E-state index contributed by atoms with van der Waals surface area (Å²) in [4.78, 5) is 24.2. The van der Waals surface area contributed by atoms with Crippen molar-refractivity contribution < 1.29 is 37.0 Å². The number of rotatable bonds is 7. The smallest absolute Gasteiger partial charge is 0.416 e. The van der Waals surface area contributed by atoms with E-state index in [0.29, 0.717) is 23.1 Å². The molecule has 1 unspecified atom stereocenters. The van der Waals surface area contributed by atoms with E-state index < -0.39 is 29.7 Å². The zero-order valence-corrected chi connectivity index (χ0v) is 16.0. The van der Waals surface area contributed by atoms with Gasteiger partial charge in [-0.05, 0) is 42.8 Å². The fourth-order valence-electron chi connectivity index (χ4n) is 2.43. The molecule has 2 rings (SSSR count). The van der Waals surface area contributed by atoms with Crippen LogP contribution in [0.4, 0.5) is 13.2 Å². The van der Waals surface area contributed by atoms with Gasteiger partial charge in [-0.25, -0.2) is 4.79 Å². The largest absolute Gasteiger partial charge is 0.493 e. The highest BCUT2D eigenvalue weighted by molar-refractivity contribution is 5.92. The lowest BCUT2D eigenvalue weighted by Gasteiger charge is -2.15. The van der Waals surface area contributed by atoms with Crippen molar-refractivity contribution in [3.8, 4) is 11.5 Å². The van der Waals surface area contributed by atoms with Crippen LogP contribution in [-0.2, 0) is 22.3 Å². The van der Waals surface area contributed by atoms with Gasteiger partial charge in [-0.3, -0.25) is 4.79 Å². The number of benzene rings is 2. The van der Waals surface area contributed by atoms with Gasteiger partial charge in [0.1, 0.15) is 0 Å². The molecule has 9 heteroatoms. The lowest BCUT2D eigenvalue weighted by Crippen LogP contribution is -2.35. The highest BCUT2D eigenvalue weighted by Gasteiger charge is 2.31. The fourth-order valence-corrected chi connectivity index (χ4v) is 2.43. The number of hydrogen-bond donors (Lipinski definition) is 1. The minimum Gasteiger partial charge on any atom is -0.493 e. The average molecular weight is 411 g/mol. The molecule has 0 saturated carbocycles. The third kappa shape index (κ3) is 5.87. The molecule has 0 aromatic heterocycles. The van der Waals surface area contributed by atoms with Crippen molar-refractivity contribution >= 4 is 11.9 Å². The zero-order chi connectivity index (χ0) is 21.6. The van der Waals surface area contributed by atoms with Gasteiger partial charge in [-0.1, -0.05) is 12.1 Å². The van der Waals surface area contributed by atoms with Crippen molar-refractivity contribution in [1.29, 1.82) is 0 Å². The van der Waals surface area contributed by atoms with Crippen LogP contribution in [0.25, 0.3) is 0 Å². The van der Waals surface area contributed by atoms with Gasteiger partial charge in [0.2, 0.25) is 0 Å². The Kier molecular flexibility index (Phi) is 7.08. The van der Waals surface area contributed by atoms with E-state index in [9.17, 15) is 22.8 Å². The topological polar surface area (TPSA) is 73.9 Å². The van der Waals surface area contributed by atoms with Crippen LogP contribution < -0.4 is 14.8 Å². The second-order valence-corrected chi connectivity index (χ2v) is 6.03. The molecule has 0 saturated heterocycles. The molecule has 0 spiro atoms. The first-order valence-corrected chi connectivity index (χ1v) is 8.52. The Bertz CT molecular complexity index is 883. The maximum Gasteiger partial charge on any atom is 0.416 e. The number of halogens is 3. The standard InChI is InChI=1S/C20H20F3NO5/c1-12(29-19(26)14-5-4-6-15(10-14)20(21,22)23)18(25)24-11-13-7-8-16(27-2)17(9-13)28-3/h4-10,12H,11H2,1-3H3,(H,24,25). The Morgan fingerprint density at radius 3 is 2.34 bits per heavy atom. The van der Waals surface area contributed by atoms with Gasteiger partial charge >= 0.3 is 12.1 Å². The lowest BCUT2D eigenvalue weighted by atomic mass is 10.1. The molecule has 0 aliphatic heterocycles. The Hall–Kier alpha value is -3.23. The predicted molar refractivity (Wildman–Crippen MR) is 97.7 cm³/mol. The second kappa shape index (κ2) is 9.31. The molecule has 156 valence electrons. The SMILES string of the molecule is COc1ccc(CNC(=O)C(C)OC(=O)c2cccc(C(F)(F)F)c2)cc1OC. The number of methoxy groups -OCH3 is 2. The van der Waals surface area contributed by atoms with Crippen molar-refractivity contribution in [2.75, 3.05) is 14.2 Å². The van der Waals surface area contributed by atoms with Crippen LogP contribution in [0.3, 0.4) is 0 Å². The Morgan fingerprint density at radius 1 is 1.03 bits per heavy atom. The molecule has 0 radical (unpaired) electrons. The van der Waals surface area contributed by atoms with E-state index in [1.807, 2.05) is 0 Å². The van der Waals surface area contributed by atoms with Gasteiger partial charge in [0.05, 0.1) is 25.3 Å². The molecule has 29 heavy (non-hydrogen) atoms. The summed E-state index contributed by atoms with van der Waals surface area (Å²) in [6.07, 6.45) is -5.78. The van der Waals surface area contributed by atoms with Gasteiger partial charge < -0.3 is 19.5 Å². The number of hydrogen-bond acceptors (Lipinski definition) is 5. The van der Waals surface area contributed by atoms with Gasteiger partial charge in [-0.15, -0.1) is 0 Å². The average Bonchev–Trinajstić information content (AvgIpc) is 2.70. The van der Waals surface area contributed by atoms with E-state index in [-0.39, 0.29) is 12.1 Å². The highest BCUT2D eigenvalue weighted by atomic mass is 19.4. The van der Waals surface area contributed by atoms with Crippen LogP contribution in [0, 0.1) is 0 Å². The van der Waals surface area contributed by atoms with Gasteiger partial charge in [0.15, 0.2) is 17.6 Å². The van der Waals surface area contributed by atoms with Crippen molar-refractivity contribution in [3.05, 3.63) is 59.2 Å². The molecule has 2 aromatic rings. The van der Waals surface area contributed by atoms with Crippen LogP contribution in [0.1, 0.15) is 28.4 Å². The van der Waals surface area contributed by atoms with E-state index in [0.717, 1.165) is 12.1 Å². The first-order valence-electron chi connectivity index (χ1n) is 8.52. The van der Waals surface area contributed by atoms with Crippen LogP contribution in [0.2, 0.25) is 0 Å². The third-order valence-electron chi connectivity index (χ3n) is 3.99. The monoisotopic (exact) mass is 411 g/mol. The maximum absolute atomic E-state index is 12.8. The van der Waals surface area contributed by atoms with Crippen LogP contribution in [0.5, 0.6) is 11.5 Å². The van der Waals surface area contributed by atoms with Crippen molar-refractivity contribution in [1.82, 2.24) is 5.32 Å². The van der Waals surface area contributed by atoms with Gasteiger partial charge in [0, 0.05) is 6.54 Å². The van der Waals surface area contributed by atoms with Gasteiger partial charge in [-0.2, -0.15) is 13.2 Å². The van der Waals surface area contributed by atoms with E-state index in [2.05, 4.69) is 5.32 Å². The van der Waals surface area contributed by atoms with E-state index >= 15 is 0 Å². The molecule has 0 fully saturated rings. The highest BCUT2D eigenvalue weighted by Crippen LogP contribution is 2.30. The first-order chi connectivity index (χ1) is 13.7. The molecular weight excluding hydrogens is 391 g/mol. The summed E-state index contributed by atoms with van der Waals surface area (Å²) in [6.45, 7) is 1.46. The summed E-state index contributed by atoms with van der Waals surface area (Å²) in [7, 11) is 2.98. The minimum atomic E-state index is -4.58. The quantitative estimate of drug-likeness (QED) is 0.705. The number of alkyl halides is 3. The summed E-state index contributed by atoms with van der Waals surface area (Å²) in [5, 5.41) is 2.59. The maximum atomic E-state index is 12.8. The molecule has 0 bridgehead atoms. The van der Waals surface area contributed by atoms with Crippen LogP contribution in [0.15, 0.2) is 42.5 Å². The molecule has 1 atom stereocenters. The third-order valence-corrected chi connectivity index (χ3v) is 3.99. The van der Waals surface area contributed by atoms with Crippen LogP contribution in [-0.4, -0.2) is 32.2 Å². The Balaban J connectivity index is 1.96. The summed E-state index contributed by atoms with van der Waals surface area (Å²) in [5.41, 5.74) is -0.552. The predicted octanol–water partition coefficient (Wildman–Crippen LogP) is 3.58. The number of nitrogens with one attached hydrogen (secondary N) is 1. The van der Waals surface area contributed by atoms with Crippen LogP contribution >= 0.6 is 0 Å². The summed E-state index contributed by atoms with van der Waals surface area (Å²) in [5.74, 6) is -0.598. The first kappa shape index (κ1) is 22.1. The zero-order valence-electron chi connectivity index (χ0n) is 16.0. The number of amides is 1. The molecular formula is C20H20F3NO5. The molecule has 2 aromatic carbocycles. The van der Waals surface area contributed by atoms with Gasteiger partial charge in [0.25, 0.3) is 5.91 Å². The molecule has 1 N–H and O–H groups in total. The number of esters is 1. The number of carbonyl (C=O) groups excluding carboxylic acids is 2. The second-order valence-electron chi connectivity index (χ2n) is 6.03. The Labute approximate surface area is 165 Å². The molecule has 1 amide bonds. The van der Waals surface area contributed by atoms with Crippen molar-refractivity contribution in [3.63, 3.8) is 0 Å². The number of carbonyl (C=O) groups is 2. The molecule has 0 heterocycles. The molecule has 6 nitrogen and oxygen atoms in total. The lowest BCUT2D eigenvalue weighted by molar-refractivity contribution is -0.137. The summed E-state index contributed by atoms with van der Waals surface area (Å²) < 4.78 is 53.5. The van der Waals surface area contributed by atoms with E-state index in [1.54, 1.807) is 18.2 Å².